The maximum atomic E-state index is 12.6. The molecular weight excluding hydrogens is 312 g/mol. The van der Waals surface area contributed by atoms with Gasteiger partial charge in [0.15, 0.2) is 11.4 Å². The number of rotatable bonds is 4. The molecule has 128 valence electrons. The minimum atomic E-state index is -1.11. The van der Waals surface area contributed by atoms with Crippen molar-refractivity contribution in [3.63, 3.8) is 0 Å². The number of amides is 1. The van der Waals surface area contributed by atoms with E-state index in [0.717, 1.165) is 0 Å². The standard InChI is InChI=1S/C16H20N4O4/c1-3-12-18-11(2)13(24-12)14(21)19-9-5-16(6-10-19,15(22)23)20-8-4-7-17-20/h4,7-8H,3,5-6,9-10H2,1-2H3,(H,22,23). The third kappa shape index (κ3) is 2.57. The molecular formula is C16H20N4O4. The molecule has 24 heavy (non-hydrogen) atoms. The second-order valence-electron chi connectivity index (χ2n) is 5.96. The molecule has 0 unspecified atom stereocenters. The fourth-order valence-corrected chi connectivity index (χ4v) is 3.09. The van der Waals surface area contributed by atoms with Gasteiger partial charge in [0.25, 0.3) is 5.91 Å². The monoisotopic (exact) mass is 332 g/mol. The normalized spacial score (nSPS) is 17.0. The van der Waals surface area contributed by atoms with Gasteiger partial charge in [-0.05, 0) is 13.0 Å². The van der Waals surface area contributed by atoms with Crippen LogP contribution in [-0.4, -0.2) is 49.7 Å². The van der Waals surface area contributed by atoms with Crippen molar-refractivity contribution in [1.82, 2.24) is 19.7 Å². The molecule has 0 radical (unpaired) electrons. The molecule has 0 aliphatic carbocycles. The molecule has 1 fully saturated rings. The van der Waals surface area contributed by atoms with Gasteiger partial charge in [-0.2, -0.15) is 5.10 Å². The summed E-state index contributed by atoms with van der Waals surface area (Å²) < 4.78 is 6.99. The topological polar surface area (TPSA) is 101 Å². The van der Waals surface area contributed by atoms with Gasteiger partial charge in [0.1, 0.15) is 0 Å². The summed E-state index contributed by atoms with van der Waals surface area (Å²) in [6.45, 7) is 4.30. The molecule has 1 N–H and O–H groups in total. The van der Waals surface area contributed by atoms with Gasteiger partial charge < -0.3 is 14.4 Å². The summed E-state index contributed by atoms with van der Waals surface area (Å²) in [6.07, 6.45) is 4.43. The first-order valence-electron chi connectivity index (χ1n) is 7.97. The number of hydrogen-bond acceptors (Lipinski definition) is 5. The molecule has 0 aromatic carbocycles. The zero-order valence-electron chi connectivity index (χ0n) is 13.7. The molecule has 0 saturated carbocycles. The van der Waals surface area contributed by atoms with E-state index in [2.05, 4.69) is 10.1 Å². The van der Waals surface area contributed by atoms with Crippen LogP contribution >= 0.6 is 0 Å². The van der Waals surface area contributed by atoms with Crippen LogP contribution in [0, 0.1) is 6.92 Å². The van der Waals surface area contributed by atoms with E-state index in [0.29, 0.717) is 43.9 Å². The predicted octanol–water partition coefficient (Wildman–Crippen LogP) is 1.46. The zero-order valence-corrected chi connectivity index (χ0v) is 13.7. The Bertz CT molecular complexity index is 742. The lowest BCUT2D eigenvalue weighted by Gasteiger charge is -2.38. The lowest BCUT2D eigenvalue weighted by molar-refractivity contribution is -0.150. The zero-order chi connectivity index (χ0) is 17.3. The van der Waals surface area contributed by atoms with Crippen LogP contribution in [0.4, 0.5) is 0 Å². The summed E-state index contributed by atoms with van der Waals surface area (Å²) in [5, 5.41) is 13.8. The maximum absolute atomic E-state index is 12.6. The van der Waals surface area contributed by atoms with E-state index in [-0.39, 0.29) is 11.7 Å². The molecule has 3 rings (SSSR count). The fraction of sp³-hybridized carbons (Fsp3) is 0.500. The number of carbonyl (C=O) groups excluding carboxylic acids is 1. The summed E-state index contributed by atoms with van der Waals surface area (Å²) in [4.78, 5) is 30.3. The highest BCUT2D eigenvalue weighted by atomic mass is 16.4. The van der Waals surface area contributed by atoms with E-state index in [1.54, 1.807) is 30.3 Å². The van der Waals surface area contributed by atoms with Crippen LogP contribution in [0.25, 0.3) is 0 Å². The molecule has 2 aromatic heterocycles. The quantitative estimate of drug-likeness (QED) is 0.909. The van der Waals surface area contributed by atoms with Gasteiger partial charge in [-0.25, -0.2) is 9.78 Å². The molecule has 2 aromatic rings. The van der Waals surface area contributed by atoms with Gasteiger partial charge in [0.05, 0.1) is 5.69 Å². The van der Waals surface area contributed by atoms with Crippen molar-refractivity contribution in [2.75, 3.05) is 13.1 Å². The van der Waals surface area contributed by atoms with Crippen molar-refractivity contribution in [2.45, 2.75) is 38.6 Å². The summed E-state index contributed by atoms with van der Waals surface area (Å²) in [5.74, 6) is -0.389. The van der Waals surface area contributed by atoms with Gasteiger partial charge in [-0.3, -0.25) is 9.48 Å². The Morgan fingerprint density at radius 3 is 2.58 bits per heavy atom. The van der Waals surface area contributed by atoms with Crippen molar-refractivity contribution in [1.29, 1.82) is 0 Å². The fourth-order valence-electron chi connectivity index (χ4n) is 3.09. The molecule has 1 saturated heterocycles. The maximum Gasteiger partial charge on any atom is 0.331 e. The number of carbonyl (C=O) groups is 2. The molecule has 8 nitrogen and oxygen atoms in total. The van der Waals surface area contributed by atoms with Crippen LogP contribution in [0.2, 0.25) is 0 Å². The average molecular weight is 332 g/mol. The Kier molecular flexibility index (Phi) is 4.13. The molecule has 1 aliphatic rings. The van der Waals surface area contributed by atoms with Gasteiger partial charge in [0, 0.05) is 44.7 Å². The lowest BCUT2D eigenvalue weighted by Crippen LogP contribution is -2.52. The SMILES string of the molecule is CCc1nc(C)c(C(=O)N2CCC(C(=O)O)(n3cccn3)CC2)o1. The second-order valence-corrected chi connectivity index (χ2v) is 5.96. The molecule has 0 bridgehead atoms. The van der Waals surface area contributed by atoms with E-state index in [4.69, 9.17) is 4.42 Å². The number of likely N-dealkylation sites (tertiary alicyclic amines) is 1. The Morgan fingerprint density at radius 2 is 2.08 bits per heavy atom. The number of hydrogen-bond donors (Lipinski definition) is 1. The minimum absolute atomic E-state index is 0.237. The van der Waals surface area contributed by atoms with Crippen molar-refractivity contribution < 1.29 is 19.1 Å². The second kappa shape index (κ2) is 6.10. The van der Waals surface area contributed by atoms with Gasteiger partial charge in [0.2, 0.25) is 5.76 Å². The number of oxazole rings is 1. The molecule has 0 spiro atoms. The van der Waals surface area contributed by atoms with Crippen LogP contribution in [0.5, 0.6) is 0 Å². The Balaban J connectivity index is 1.77. The predicted molar refractivity (Wildman–Crippen MR) is 83.6 cm³/mol. The summed E-state index contributed by atoms with van der Waals surface area (Å²) in [7, 11) is 0. The molecule has 1 amide bonds. The summed E-state index contributed by atoms with van der Waals surface area (Å²) in [6, 6.07) is 1.70. The highest BCUT2D eigenvalue weighted by Gasteiger charge is 2.45. The number of aromatic nitrogens is 3. The number of nitrogens with zero attached hydrogens (tertiary/aromatic N) is 4. The highest BCUT2D eigenvalue weighted by Crippen LogP contribution is 2.31. The van der Waals surface area contributed by atoms with Crippen LogP contribution in [0.15, 0.2) is 22.9 Å². The molecule has 0 atom stereocenters. The average Bonchev–Trinajstić information content (AvgIpc) is 3.24. The van der Waals surface area contributed by atoms with E-state index >= 15 is 0 Å². The number of carboxylic acids is 1. The highest BCUT2D eigenvalue weighted by molar-refractivity contribution is 5.92. The van der Waals surface area contributed by atoms with E-state index in [1.807, 2.05) is 6.92 Å². The van der Waals surface area contributed by atoms with Gasteiger partial charge in [-0.15, -0.1) is 0 Å². The largest absolute Gasteiger partial charge is 0.479 e. The smallest absolute Gasteiger partial charge is 0.331 e. The van der Waals surface area contributed by atoms with Crippen molar-refractivity contribution in [2.24, 2.45) is 0 Å². The van der Waals surface area contributed by atoms with Crippen LogP contribution in [0.1, 0.15) is 41.9 Å². The summed E-state index contributed by atoms with van der Waals surface area (Å²) in [5.41, 5.74) is -0.537. The summed E-state index contributed by atoms with van der Waals surface area (Å²) >= 11 is 0. The van der Waals surface area contributed by atoms with Crippen molar-refractivity contribution in [3.8, 4) is 0 Å². The third-order valence-corrected chi connectivity index (χ3v) is 4.56. The van der Waals surface area contributed by atoms with Crippen molar-refractivity contribution >= 4 is 11.9 Å². The van der Waals surface area contributed by atoms with E-state index in [9.17, 15) is 14.7 Å². The number of piperidine rings is 1. The van der Waals surface area contributed by atoms with Crippen LogP contribution < -0.4 is 0 Å². The number of aliphatic carboxylic acids is 1. The van der Waals surface area contributed by atoms with Crippen LogP contribution in [0.3, 0.4) is 0 Å². The van der Waals surface area contributed by atoms with E-state index < -0.39 is 11.5 Å². The first kappa shape index (κ1) is 16.2. The third-order valence-electron chi connectivity index (χ3n) is 4.56. The van der Waals surface area contributed by atoms with Gasteiger partial charge >= 0.3 is 5.97 Å². The Morgan fingerprint density at radius 1 is 1.38 bits per heavy atom. The number of carboxylic acid groups (broad SMARTS) is 1. The van der Waals surface area contributed by atoms with Crippen molar-refractivity contribution in [3.05, 3.63) is 35.8 Å². The van der Waals surface area contributed by atoms with Gasteiger partial charge in [-0.1, -0.05) is 6.92 Å². The van der Waals surface area contributed by atoms with E-state index in [1.165, 1.54) is 4.68 Å². The first-order valence-corrected chi connectivity index (χ1v) is 7.97. The Hall–Kier alpha value is -2.64. The van der Waals surface area contributed by atoms with Crippen LogP contribution in [-0.2, 0) is 16.8 Å². The molecule has 3 heterocycles. The first-order chi connectivity index (χ1) is 11.5. The minimum Gasteiger partial charge on any atom is -0.479 e. The number of aryl methyl sites for hydroxylation is 2. The Labute approximate surface area is 139 Å². The molecule has 1 aliphatic heterocycles. The molecule has 8 heteroatoms. The lowest BCUT2D eigenvalue weighted by atomic mass is 9.87.